The predicted molar refractivity (Wildman–Crippen MR) is 107 cm³/mol. The summed E-state index contributed by atoms with van der Waals surface area (Å²) in [5.74, 6) is 0.590. The highest BCUT2D eigenvalue weighted by atomic mass is 32.1. The maximum atomic E-state index is 4.40. The van der Waals surface area contributed by atoms with Gasteiger partial charge in [-0.2, -0.15) is 0 Å². The van der Waals surface area contributed by atoms with Crippen LogP contribution in [0.15, 0.2) is 83.8 Å². The van der Waals surface area contributed by atoms with Crippen molar-refractivity contribution in [2.24, 2.45) is 0 Å². The van der Waals surface area contributed by atoms with Crippen LogP contribution in [0.3, 0.4) is 0 Å². The third kappa shape index (κ3) is 3.65. The first-order valence-corrected chi connectivity index (χ1v) is 8.88. The molecule has 0 spiro atoms. The molecule has 0 aliphatic carbocycles. The average Bonchev–Trinajstić information content (AvgIpc) is 2.64. The Morgan fingerprint density at radius 2 is 1.25 bits per heavy atom. The number of anilines is 3. The Hall–Kier alpha value is -2.19. The Labute approximate surface area is 150 Å². The van der Waals surface area contributed by atoms with Crippen molar-refractivity contribution in [2.75, 3.05) is 4.90 Å². The molecule has 3 aromatic carbocycles. The van der Waals surface area contributed by atoms with Crippen molar-refractivity contribution < 1.29 is 0 Å². The number of benzene rings is 3. The van der Waals surface area contributed by atoms with Gasteiger partial charge in [0.1, 0.15) is 0 Å². The number of rotatable bonds is 5. The summed E-state index contributed by atoms with van der Waals surface area (Å²) >= 11 is 4.40. The number of hydrogen-bond donors (Lipinski definition) is 1. The molecule has 24 heavy (non-hydrogen) atoms. The number of hydrogen-bond acceptors (Lipinski definition) is 2. The molecule has 3 rings (SSSR count). The van der Waals surface area contributed by atoms with Crippen LogP contribution in [0.2, 0.25) is 0 Å². The van der Waals surface area contributed by atoms with Gasteiger partial charge in [-0.15, -0.1) is 12.6 Å². The molecule has 0 saturated heterocycles. The van der Waals surface area contributed by atoms with Crippen LogP contribution in [0.4, 0.5) is 17.1 Å². The van der Waals surface area contributed by atoms with Gasteiger partial charge in [0.15, 0.2) is 0 Å². The van der Waals surface area contributed by atoms with Crippen LogP contribution < -0.4 is 4.90 Å². The Balaban J connectivity index is 2.03. The van der Waals surface area contributed by atoms with E-state index in [0.717, 1.165) is 22.7 Å². The normalized spacial score (nSPS) is 12.0. The predicted octanol–water partition coefficient (Wildman–Crippen LogP) is 6.96. The molecule has 0 aliphatic heterocycles. The molecular formula is C22H23NS. The van der Waals surface area contributed by atoms with Gasteiger partial charge in [-0.25, -0.2) is 0 Å². The molecule has 0 heterocycles. The van der Waals surface area contributed by atoms with Crippen LogP contribution >= 0.6 is 12.6 Å². The fourth-order valence-corrected chi connectivity index (χ4v) is 2.96. The van der Waals surface area contributed by atoms with Gasteiger partial charge in [0, 0.05) is 22.0 Å². The summed E-state index contributed by atoms with van der Waals surface area (Å²) in [5, 5.41) is 0. The molecule has 0 N–H and O–H groups in total. The molecule has 1 atom stereocenters. The smallest absolute Gasteiger partial charge is 0.0462 e. The number of thiol groups is 1. The van der Waals surface area contributed by atoms with Gasteiger partial charge in [0.25, 0.3) is 0 Å². The summed E-state index contributed by atoms with van der Waals surface area (Å²) in [6.45, 7) is 4.50. The first-order valence-electron chi connectivity index (χ1n) is 8.43. The molecule has 122 valence electrons. The minimum Gasteiger partial charge on any atom is -0.311 e. The van der Waals surface area contributed by atoms with Crippen molar-refractivity contribution in [3.63, 3.8) is 0 Å². The van der Waals surface area contributed by atoms with Crippen LogP contribution in [-0.4, -0.2) is 0 Å². The molecule has 0 fully saturated rings. The zero-order valence-electron chi connectivity index (χ0n) is 14.2. The summed E-state index contributed by atoms with van der Waals surface area (Å²) in [5.41, 5.74) is 4.84. The molecule has 3 aromatic rings. The van der Waals surface area contributed by atoms with Crippen molar-refractivity contribution in [1.29, 1.82) is 0 Å². The minimum absolute atomic E-state index is 0.590. The van der Waals surface area contributed by atoms with Gasteiger partial charge in [0.2, 0.25) is 0 Å². The van der Waals surface area contributed by atoms with Crippen molar-refractivity contribution in [3.05, 3.63) is 84.4 Å². The second-order valence-corrected chi connectivity index (χ2v) is 6.60. The van der Waals surface area contributed by atoms with Crippen molar-refractivity contribution in [3.8, 4) is 0 Å². The van der Waals surface area contributed by atoms with E-state index in [4.69, 9.17) is 0 Å². The maximum absolute atomic E-state index is 4.40. The molecule has 0 aliphatic rings. The van der Waals surface area contributed by atoms with Crippen molar-refractivity contribution in [2.45, 2.75) is 31.1 Å². The van der Waals surface area contributed by atoms with Crippen LogP contribution in [0.5, 0.6) is 0 Å². The molecule has 2 heteroatoms. The molecule has 0 radical (unpaired) electrons. The van der Waals surface area contributed by atoms with Crippen LogP contribution in [0, 0.1) is 0 Å². The minimum atomic E-state index is 0.590. The monoisotopic (exact) mass is 333 g/mol. The van der Waals surface area contributed by atoms with Gasteiger partial charge in [-0.3, -0.25) is 0 Å². The van der Waals surface area contributed by atoms with Gasteiger partial charge < -0.3 is 4.90 Å². The fourth-order valence-electron chi connectivity index (χ4n) is 2.81. The standard InChI is InChI=1S/C22H23NS/c1-3-17(2)18-9-11-20(12-10-18)23(19-7-5-4-6-8-19)21-13-15-22(24)16-14-21/h4-17,24H,3H2,1-2H3. The second-order valence-electron chi connectivity index (χ2n) is 6.09. The van der Waals surface area contributed by atoms with Gasteiger partial charge in [-0.1, -0.05) is 44.2 Å². The molecule has 1 nitrogen and oxygen atoms in total. The van der Waals surface area contributed by atoms with E-state index < -0.39 is 0 Å². The van der Waals surface area contributed by atoms with E-state index in [1.54, 1.807) is 0 Å². The van der Waals surface area contributed by atoms with Crippen LogP contribution in [-0.2, 0) is 0 Å². The number of para-hydroxylation sites is 1. The first kappa shape index (κ1) is 16.7. The fraction of sp³-hybridized carbons (Fsp3) is 0.182. The topological polar surface area (TPSA) is 3.24 Å². The second kappa shape index (κ2) is 7.59. The third-order valence-electron chi connectivity index (χ3n) is 4.45. The van der Waals surface area contributed by atoms with Gasteiger partial charge in [-0.05, 0) is 66.4 Å². The highest BCUT2D eigenvalue weighted by Gasteiger charge is 2.12. The Kier molecular flexibility index (Phi) is 5.27. The summed E-state index contributed by atoms with van der Waals surface area (Å²) in [4.78, 5) is 3.24. The van der Waals surface area contributed by atoms with E-state index in [1.165, 1.54) is 11.3 Å². The zero-order valence-corrected chi connectivity index (χ0v) is 15.1. The van der Waals surface area contributed by atoms with Crippen LogP contribution in [0.25, 0.3) is 0 Å². The van der Waals surface area contributed by atoms with E-state index in [2.05, 4.69) is 92.0 Å². The largest absolute Gasteiger partial charge is 0.311 e. The molecular weight excluding hydrogens is 310 g/mol. The Bertz CT molecular complexity index is 763. The summed E-state index contributed by atoms with van der Waals surface area (Å²) < 4.78 is 0. The van der Waals surface area contributed by atoms with Crippen LogP contribution in [0.1, 0.15) is 31.7 Å². The lowest BCUT2D eigenvalue weighted by Crippen LogP contribution is -2.09. The lowest BCUT2D eigenvalue weighted by Gasteiger charge is -2.26. The van der Waals surface area contributed by atoms with Crippen molar-refractivity contribution in [1.82, 2.24) is 0 Å². The molecule has 0 bridgehead atoms. The molecule has 0 amide bonds. The molecule has 1 unspecified atom stereocenters. The number of nitrogens with zero attached hydrogens (tertiary/aromatic N) is 1. The highest BCUT2D eigenvalue weighted by molar-refractivity contribution is 7.80. The van der Waals surface area contributed by atoms with E-state index in [-0.39, 0.29) is 0 Å². The maximum Gasteiger partial charge on any atom is 0.0462 e. The van der Waals surface area contributed by atoms with Gasteiger partial charge in [0.05, 0.1) is 0 Å². The third-order valence-corrected chi connectivity index (χ3v) is 4.75. The van der Waals surface area contributed by atoms with E-state index in [9.17, 15) is 0 Å². The highest BCUT2D eigenvalue weighted by Crippen LogP contribution is 2.35. The lowest BCUT2D eigenvalue weighted by molar-refractivity contribution is 0.733. The van der Waals surface area contributed by atoms with Crippen molar-refractivity contribution >= 4 is 29.7 Å². The van der Waals surface area contributed by atoms with E-state index >= 15 is 0 Å². The quantitative estimate of drug-likeness (QED) is 0.494. The molecule has 0 saturated carbocycles. The molecule has 0 aromatic heterocycles. The Morgan fingerprint density at radius 3 is 1.79 bits per heavy atom. The summed E-state index contributed by atoms with van der Waals surface area (Å²) in [7, 11) is 0. The summed E-state index contributed by atoms with van der Waals surface area (Å²) in [6, 6.07) is 27.6. The SMILES string of the molecule is CCC(C)c1ccc(N(c2ccccc2)c2ccc(S)cc2)cc1. The van der Waals surface area contributed by atoms with E-state index in [1.807, 2.05) is 18.2 Å². The zero-order chi connectivity index (χ0) is 16.9. The first-order chi connectivity index (χ1) is 11.7. The Morgan fingerprint density at radius 1 is 0.750 bits per heavy atom. The van der Waals surface area contributed by atoms with E-state index in [0.29, 0.717) is 5.92 Å². The van der Waals surface area contributed by atoms with Gasteiger partial charge >= 0.3 is 0 Å². The average molecular weight is 334 g/mol. The lowest BCUT2D eigenvalue weighted by atomic mass is 9.98. The summed E-state index contributed by atoms with van der Waals surface area (Å²) in [6.07, 6.45) is 1.16.